The van der Waals surface area contributed by atoms with Crippen LogP contribution >= 0.6 is 7.81 Å². The molecule has 23 heavy (non-hydrogen) atoms. The van der Waals surface area contributed by atoms with E-state index < -0.39 is 7.81 Å². The summed E-state index contributed by atoms with van der Waals surface area (Å²) in [4.78, 5) is 0. The van der Waals surface area contributed by atoms with Crippen molar-refractivity contribution < 1.29 is 29.6 Å². The summed E-state index contributed by atoms with van der Waals surface area (Å²) in [6.45, 7) is 0. The Morgan fingerprint density at radius 2 is 1.30 bits per heavy atom. The van der Waals surface area contributed by atoms with Gasteiger partial charge in [-0.15, -0.1) is 0 Å². The van der Waals surface area contributed by atoms with Crippen molar-refractivity contribution in [3.63, 3.8) is 0 Å². The van der Waals surface area contributed by atoms with Crippen LogP contribution in [-0.2, 0) is 12.8 Å². The van der Waals surface area contributed by atoms with Crippen LogP contribution in [0.25, 0.3) is 11.3 Å². The summed E-state index contributed by atoms with van der Waals surface area (Å²) in [7, 11) is -10.7. The first kappa shape index (κ1) is 17.7. The van der Waals surface area contributed by atoms with Crippen LogP contribution in [0.5, 0.6) is 0 Å². The fourth-order valence-corrected chi connectivity index (χ4v) is 2.29. The molecule has 2 aromatic rings. The zero-order chi connectivity index (χ0) is 17.2. The first-order valence-electron chi connectivity index (χ1n) is 6.95. The summed E-state index contributed by atoms with van der Waals surface area (Å²) in [6.07, 6.45) is 4.83. The van der Waals surface area contributed by atoms with E-state index in [4.69, 9.17) is 4.42 Å². The average molecular weight is 356 g/mol. The Morgan fingerprint density at radius 1 is 0.739 bits per heavy atom. The summed E-state index contributed by atoms with van der Waals surface area (Å²) >= 11 is 0. The maximum absolute atomic E-state index is 10.7. The van der Waals surface area contributed by atoms with Gasteiger partial charge in [0, 0.05) is 6.07 Å². The molecule has 0 saturated carbocycles. The molecule has 0 unspecified atom stereocenters. The molecule has 1 aliphatic rings. The van der Waals surface area contributed by atoms with Gasteiger partial charge in [-0.05, 0) is 37.5 Å². The molecule has 0 saturated heterocycles. The van der Waals surface area contributed by atoms with Gasteiger partial charge in [0.25, 0.3) is 0 Å². The van der Waals surface area contributed by atoms with Gasteiger partial charge in [-0.25, -0.2) is 4.42 Å². The molecule has 0 spiro atoms. The predicted octanol–water partition coefficient (Wildman–Crippen LogP) is 7.49. The second-order valence-electron chi connectivity index (χ2n) is 5.28. The Bertz CT molecular complexity index is 671. The van der Waals surface area contributed by atoms with Gasteiger partial charge in [-0.2, -0.15) is 0 Å². The van der Waals surface area contributed by atoms with Gasteiger partial charge in [0.05, 0.1) is 17.5 Å². The largest absolute Gasteiger partial charge is 0.360 e. The van der Waals surface area contributed by atoms with Crippen molar-refractivity contribution in [3.05, 3.63) is 53.8 Å². The molecule has 1 nitrogen and oxygen atoms in total. The van der Waals surface area contributed by atoms with Gasteiger partial charge < -0.3 is 0 Å². The van der Waals surface area contributed by atoms with Gasteiger partial charge in [-0.3, -0.25) is 0 Å². The second kappa shape index (κ2) is 5.48. The topological polar surface area (TPSA) is 11.3 Å². The smallest absolute Gasteiger partial charge is 0.212 e. The van der Waals surface area contributed by atoms with Gasteiger partial charge in [0.2, 0.25) is 0 Å². The second-order valence-corrected chi connectivity index (χ2v) is 7.20. The van der Waals surface area contributed by atoms with Crippen LogP contribution in [0.1, 0.15) is 24.2 Å². The van der Waals surface area contributed by atoms with Crippen molar-refractivity contribution in [2.75, 3.05) is 0 Å². The summed E-state index contributed by atoms with van der Waals surface area (Å²) in [5, 5.41) is 0. The summed E-state index contributed by atoms with van der Waals surface area (Å²) in [6, 6.07) is 14.6. The maximum atomic E-state index is 9.87. The molecular formula is C15H15F6OP. The SMILES string of the molecule is F[P-](F)(F)(F)(F)F.c1ccc(-c2ccc3c([o+]2)CCCC3)cc1. The fourth-order valence-electron chi connectivity index (χ4n) is 2.29. The van der Waals surface area contributed by atoms with Crippen molar-refractivity contribution in [2.45, 2.75) is 25.7 Å². The molecule has 0 amide bonds. The Balaban J connectivity index is 0.000000236. The van der Waals surface area contributed by atoms with Crippen LogP contribution in [0.2, 0.25) is 0 Å². The molecule has 0 aliphatic heterocycles. The number of hydrogen-bond donors (Lipinski definition) is 0. The van der Waals surface area contributed by atoms with Crippen molar-refractivity contribution >= 4 is 7.81 Å². The molecule has 0 atom stereocenters. The van der Waals surface area contributed by atoms with Crippen LogP contribution in [0, 0.1) is 0 Å². The number of rotatable bonds is 1. The molecule has 8 heteroatoms. The van der Waals surface area contributed by atoms with Crippen molar-refractivity contribution in [3.8, 4) is 11.3 Å². The molecule has 0 bridgehead atoms. The zero-order valence-corrected chi connectivity index (χ0v) is 12.9. The minimum absolute atomic E-state index is 0.987. The van der Waals surface area contributed by atoms with Crippen LogP contribution < -0.4 is 0 Å². The summed E-state index contributed by atoms with van der Waals surface area (Å²) < 4.78 is 65.2. The number of benzene rings is 1. The van der Waals surface area contributed by atoms with Gasteiger partial charge in [0.15, 0.2) is 0 Å². The van der Waals surface area contributed by atoms with E-state index in [-0.39, 0.29) is 0 Å². The van der Waals surface area contributed by atoms with Crippen molar-refractivity contribution in [2.24, 2.45) is 0 Å². The third-order valence-electron chi connectivity index (χ3n) is 3.19. The minimum atomic E-state index is -10.7. The maximum Gasteiger partial charge on any atom is 0.360 e. The van der Waals surface area contributed by atoms with E-state index in [1.54, 1.807) is 0 Å². The number of fused-ring (bicyclic) bond motifs is 1. The van der Waals surface area contributed by atoms with E-state index in [0.717, 1.165) is 17.7 Å². The Kier molecular flexibility index (Phi) is 4.22. The number of halogens is 6. The number of aryl methyl sites for hydroxylation is 2. The van der Waals surface area contributed by atoms with E-state index in [9.17, 15) is 25.2 Å². The number of hydrogen-bond acceptors (Lipinski definition) is 0. The summed E-state index contributed by atoms with van der Waals surface area (Å²) in [5.41, 5.74) is 2.56. The molecule has 0 radical (unpaired) electrons. The Labute approximate surface area is 129 Å². The van der Waals surface area contributed by atoms with Crippen LogP contribution in [-0.4, -0.2) is 0 Å². The normalized spacial score (nSPS) is 17.1. The van der Waals surface area contributed by atoms with E-state index in [2.05, 4.69) is 24.3 Å². The third-order valence-corrected chi connectivity index (χ3v) is 3.19. The van der Waals surface area contributed by atoms with E-state index in [1.165, 1.54) is 30.6 Å². The van der Waals surface area contributed by atoms with E-state index in [0.29, 0.717) is 0 Å². The first-order valence-corrected chi connectivity index (χ1v) is 8.98. The van der Waals surface area contributed by atoms with E-state index in [1.807, 2.05) is 18.2 Å². The molecule has 128 valence electrons. The average Bonchev–Trinajstić information content (AvgIpc) is 2.44. The quantitative estimate of drug-likeness (QED) is 0.293. The summed E-state index contributed by atoms with van der Waals surface area (Å²) in [5.74, 6) is 2.17. The first-order chi connectivity index (χ1) is 10.4. The molecular weight excluding hydrogens is 341 g/mol. The standard InChI is InChI=1S/C15H15O.F6P/c1-2-6-12(7-3-1)15-11-10-13-8-4-5-9-14(13)16-15;1-7(2,3,4,5)6/h1-3,6-7,10-11H,4-5,8-9H2;/q+1;-1. The van der Waals surface area contributed by atoms with Crippen molar-refractivity contribution in [1.82, 2.24) is 0 Å². The molecule has 1 aliphatic carbocycles. The molecule has 0 fully saturated rings. The Morgan fingerprint density at radius 3 is 1.91 bits per heavy atom. The molecule has 1 heterocycles. The molecule has 1 aromatic heterocycles. The zero-order valence-electron chi connectivity index (χ0n) is 12.0. The van der Waals surface area contributed by atoms with Crippen LogP contribution in [0.15, 0.2) is 46.9 Å². The molecule has 0 N–H and O–H groups in total. The van der Waals surface area contributed by atoms with Crippen LogP contribution in [0.4, 0.5) is 25.2 Å². The molecule has 1 aromatic carbocycles. The minimum Gasteiger partial charge on any atom is -0.212 e. The van der Waals surface area contributed by atoms with Gasteiger partial charge in [0.1, 0.15) is 0 Å². The fraction of sp³-hybridized carbons (Fsp3) is 0.267. The Hall–Kier alpha value is -1.62. The predicted molar refractivity (Wildman–Crippen MR) is 78.8 cm³/mol. The monoisotopic (exact) mass is 356 g/mol. The third kappa shape index (κ3) is 7.46. The molecule has 3 rings (SSSR count). The van der Waals surface area contributed by atoms with E-state index >= 15 is 0 Å². The van der Waals surface area contributed by atoms with Crippen LogP contribution in [0.3, 0.4) is 0 Å². The van der Waals surface area contributed by atoms with Gasteiger partial charge in [-0.1, -0.05) is 18.2 Å². The van der Waals surface area contributed by atoms with Crippen molar-refractivity contribution in [1.29, 1.82) is 0 Å². The van der Waals surface area contributed by atoms with Gasteiger partial charge >= 0.3 is 44.5 Å².